The van der Waals surface area contributed by atoms with Crippen molar-refractivity contribution in [3.05, 3.63) is 60.1 Å². The smallest absolute Gasteiger partial charge is 0.212 e. The fourth-order valence-corrected chi connectivity index (χ4v) is 2.65. The molecule has 3 rings (SSSR count). The number of ether oxygens (including phenoxy) is 1. The third kappa shape index (κ3) is 2.84. The average Bonchev–Trinajstić information content (AvgIpc) is 2.61. The van der Waals surface area contributed by atoms with Crippen molar-refractivity contribution in [1.82, 2.24) is 9.97 Å². The number of pyridine rings is 2. The molecule has 24 heavy (non-hydrogen) atoms. The summed E-state index contributed by atoms with van der Waals surface area (Å²) in [6.07, 6.45) is 4.84. The Kier molecular flexibility index (Phi) is 4.24. The number of hydrogen-bond donors (Lipinski definition) is 2. The number of nitrogens with one attached hydrogen (secondary N) is 1. The van der Waals surface area contributed by atoms with Gasteiger partial charge in [0, 0.05) is 46.9 Å². The Morgan fingerprint density at radius 2 is 2.00 bits per heavy atom. The first-order chi connectivity index (χ1) is 11.6. The van der Waals surface area contributed by atoms with Crippen molar-refractivity contribution in [2.75, 3.05) is 7.11 Å². The van der Waals surface area contributed by atoms with Gasteiger partial charge in [-0.15, -0.1) is 0 Å². The third-order valence-corrected chi connectivity index (χ3v) is 3.88. The number of aromatic nitrogens is 2. The van der Waals surface area contributed by atoms with Crippen molar-refractivity contribution in [3.63, 3.8) is 0 Å². The topological polar surface area (TPSA) is 84.9 Å². The molecule has 1 aromatic carbocycles. The molecular weight excluding hydrogens is 300 g/mol. The third-order valence-electron chi connectivity index (χ3n) is 3.88. The van der Waals surface area contributed by atoms with Crippen LogP contribution >= 0.6 is 0 Å². The van der Waals surface area contributed by atoms with Crippen LogP contribution in [0.25, 0.3) is 27.6 Å². The Balaban J connectivity index is 2.21. The Morgan fingerprint density at radius 1 is 1.17 bits per heavy atom. The summed E-state index contributed by atoms with van der Waals surface area (Å²) in [5.74, 6) is 0.575. The summed E-state index contributed by atoms with van der Waals surface area (Å²) in [5.41, 5.74) is 11.0. The van der Waals surface area contributed by atoms with Crippen LogP contribution < -0.4 is 10.5 Å². The van der Waals surface area contributed by atoms with E-state index in [0.29, 0.717) is 17.2 Å². The molecule has 0 saturated heterocycles. The van der Waals surface area contributed by atoms with E-state index < -0.39 is 0 Å². The predicted octanol–water partition coefficient (Wildman–Crippen LogP) is 3.64. The molecular formula is C19H18N4O. The van der Waals surface area contributed by atoms with Crippen LogP contribution in [0.3, 0.4) is 0 Å². The fourth-order valence-electron chi connectivity index (χ4n) is 2.65. The number of nitrogens with two attached hydrogens (primary N) is 1. The monoisotopic (exact) mass is 318 g/mol. The zero-order valence-corrected chi connectivity index (χ0v) is 13.6. The lowest BCUT2D eigenvalue weighted by Gasteiger charge is -2.10. The van der Waals surface area contributed by atoms with E-state index in [1.807, 2.05) is 36.4 Å². The van der Waals surface area contributed by atoms with Gasteiger partial charge in [0.05, 0.1) is 12.6 Å². The molecule has 0 aliphatic carbocycles. The Morgan fingerprint density at radius 3 is 2.62 bits per heavy atom. The van der Waals surface area contributed by atoms with E-state index >= 15 is 0 Å². The van der Waals surface area contributed by atoms with Gasteiger partial charge in [0.1, 0.15) is 0 Å². The van der Waals surface area contributed by atoms with Crippen LogP contribution in [0.2, 0.25) is 0 Å². The van der Waals surface area contributed by atoms with Crippen molar-refractivity contribution in [3.8, 4) is 17.0 Å². The van der Waals surface area contributed by atoms with Crippen LogP contribution in [0, 0.1) is 5.41 Å². The molecule has 0 atom stereocenters. The van der Waals surface area contributed by atoms with Gasteiger partial charge in [-0.1, -0.05) is 6.07 Å². The molecule has 3 aromatic rings. The lowest BCUT2D eigenvalue weighted by Crippen LogP contribution is -1.99. The van der Waals surface area contributed by atoms with E-state index in [4.69, 9.17) is 15.9 Å². The standard InChI is InChI=1S/C19H18N4O/c1-12(21)17(10-20)13-3-5-18-16(9-13)15(7-8-22-18)14-4-6-19(24-2)23-11-14/h3-11,20H,21H2,1-2H3. The molecule has 0 spiro atoms. The van der Waals surface area contributed by atoms with Crippen molar-refractivity contribution in [1.29, 1.82) is 5.41 Å². The molecule has 3 N–H and O–H groups in total. The molecule has 0 saturated carbocycles. The number of benzene rings is 1. The molecule has 2 aromatic heterocycles. The van der Waals surface area contributed by atoms with Crippen LogP contribution in [0.5, 0.6) is 5.88 Å². The Labute approximate surface area is 140 Å². The number of fused-ring (bicyclic) bond motifs is 1. The van der Waals surface area contributed by atoms with Gasteiger partial charge < -0.3 is 15.9 Å². The molecule has 0 radical (unpaired) electrons. The van der Waals surface area contributed by atoms with Crippen molar-refractivity contribution < 1.29 is 4.74 Å². The summed E-state index contributed by atoms with van der Waals surface area (Å²) >= 11 is 0. The van der Waals surface area contributed by atoms with E-state index in [9.17, 15) is 0 Å². The second-order valence-corrected chi connectivity index (χ2v) is 5.42. The van der Waals surface area contributed by atoms with Gasteiger partial charge >= 0.3 is 0 Å². The molecule has 2 heterocycles. The second kappa shape index (κ2) is 6.50. The zero-order chi connectivity index (χ0) is 17.1. The van der Waals surface area contributed by atoms with Gasteiger partial charge in [-0.25, -0.2) is 4.98 Å². The summed E-state index contributed by atoms with van der Waals surface area (Å²) < 4.78 is 5.12. The van der Waals surface area contributed by atoms with Gasteiger partial charge in [-0.2, -0.15) is 0 Å². The summed E-state index contributed by atoms with van der Waals surface area (Å²) in [5, 5.41) is 8.58. The van der Waals surface area contributed by atoms with Gasteiger partial charge in [-0.05, 0) is 42.3 Å². The second-order valence-electron chi connectivity index (χ2n) is 5.42. The van der Waals surface area contributed by atoms with Crippen LogP contribution in [0.4, 0.5) is 0 Å². The Bertz CT molecular complexity index is 926. The van der Waals surface area contributed by atoms with E-state index in [0.717, 1.165) is 27.6 Å². The number of rotatable bonds is 4. The van der Waals surface area contributed by atoms with Gasteiger partial charge in [0.25, 0.3) is 0 Å². The van der Waals surface area contributed by atoms with E-state index in [2.05, 4.69) is 9.97 Å². The summed E-state index contributed by atoms with van der Waals surface area (Å²) in [6, 6.07) is 11.6. The van der Waals surface area contributed by atoms with Crippen LogP contribution in [-0.4, -0.2) is 23.3 Å². The van der Waals surface area contributed by atoms with Gasteiger partial charge in [-0.3, -0.25) is 4.98 Å². The van der Waals surface area contributed by atoms with Crippen LogP contribution in [0.15, 0.2) is 54.5 Å². The molecule has 5 heteroatoms. The lowest BCUT2D eigenvalue weighted by atomic mass is 9.98. The predicted molar refractivity (Wildman–Crippen MR) is 97.1 cm³/mol. The maximum absolute atomic E-state index is 7.60. The van der Waals surface area contributed by atoms with Crippen molar-refractivity contribution in [2.45, 2.75) is 6.92 Å². The van der Waals surface area contributed by atoms with E-state index in [1.54, 1.807) is 26.4 Å². The molecule has 0 aliphatic heterocycles. The van der Waals surface area contributed by atoms with Crippen molar-refractivity contribution >= 4 is 22.7 Å². The maximum atomic E-state index is 7.60. The minimum atomic E-state index is 0.575. The molecule has 0 fully saturated rings. The number of allylic oxidation sites excluding steroid dienone is 2. The first kappa shape index (κ1) is 15.7. The lowest BCUT2D eigenvalue weighted by molar-refractivity contribution is 0.398. The molecule has 0 unspecified atom stereocenters. The van der Waals surface area contributed by atoms with Crippen LogP contribution in [0.1, 0.15) is 12.5 Å². The first-order valence-electron chi connectivity index (χ1n) is 7.50. The zero-order valence-electron chi connectivity index (χ0n) is 13.6. The highest BCUT2D eigenvalue weighted by atomic mass is 16.5. The van der Waals surface area contributed by atoms with Gasteiger partial charge in [0.2, 0.25) is 5.88 Å². The average molecular weight is 318 g/mol. The minimum absolute atomic E-state index is 0.575. The van der Waals surface area contributed by atoms with Gasteiger partial charge in [0.15, 0.2) is 0 Å². The minimum Gasteiger partial charge on any atom is -0.481 e. The number of hydrogen-bond acceptors (Lipinski definition) is 5. The molecule has 5 nitrogen and oxygen atoms in total. The highest BCUT2D eigenvalue weighted by Crippen LogP contribution is 2.30. The molecule has 0 amide bonds. The quantitative estimate of drug-likeness (QED) is 0.719. The normalized spacial score (nSPS) is 11.9. The summed E-state index contributed by atoms with van der Waals surface area (Å²) in [7, 11) is 1.59. The highest BCUT2D eigenvalue weighted by molar-refractivity contribution is 6.11. The number of nitrogens with zero attached hydrogens (tertiary/aromatic N) is 2. The Hall–Kier alpha value is -3.21. The van der Waals surface area contributed by atoms with Crippen molar-refractivity contribution in [2.24, 2.45) is 5.73 Å². The van der Waals surface area contributed by atoms with Crippen LogP contribution in [-0.2, 0) is 0 Å². The maximum Gasteiger partial charge on any atom is 0.212 e. The first-order valence-corrected chi connectivity index (χ1v) is 7.50. The summed E-state index contributed by atoms with van der Waals surface area (Å²) in [6.45, 7) is 1.79. The van der Waals surface area contributed by atoms with E-state index in [1.165, 1.54) is 6.21 Å². The molecule has 120 valence electrons. The SMILES string of the molecule is COc1ccc(-c2ccnc3ccc(C(C=N)=C(C)N)cc23)cn1. The molecule has 0 bridgehead atoms. The molecule has 0 aliphatic rings. The fraction of sp³-hybridized carbons (Fsp3) is 0.105. The van der Waals surface area contributed by atoms with E-state index in [-0.39, 0.29) is 0 Å². The number of methoxy groups -OCH3 is 1. The largest absolute Gasteiger partial charge is 0.481 e. The summed E-state index contributed by atoms with van der Waals surface area (Å²) in [4.78, 5) is 8.70. The highest BCUT2D eigenvalue weighted by Gasteiger charge is 2.09.